The van der Waals surface area contributed by atoms with E-state index < -0.39 is 7.82 Å². The smallest absolute Gasteiger partial charge is 0.402 e. The van der Waals surface area contributed by atoms with Gasteiger partial charge in [-0.3, -0.25) is 9.05 Å². The van der Waals surface area contributed by atoms with Gasteiger partial charge in [0.25, 0.3) is 0 Å². The van der Waals surface area contributed by atoms with Crippen LogP contribution in [0, 0.1) is 0 Å². The van der Waals surface area contributed by atoms with Gasteiger partial charge in [-0.25, -0.2) is 4.57 Å². The van der Waals surface area contributed by atoms with Crippen LogP contribution >= 0.6 is 58.6 Å². The molecule has 4 nitrogen and oxygen atoms in total. The van der Waals surface area contributed by atoms with Gasteiger partial charge in [-0.15, -0.1) is 0 Å². The lowest BCUT2D eigenvalue weighted by molar-refractivity contribution is 0.201. The van der Waals surface area contributed by atoms with Crippen molar-refractivity contribution in [1.82, 2.24) is 0 Å². The fourth-order valence-corrected chi connectivity index (χ4v) is 2.92. The van der Waals surface area contributed by atoms with Crippen molar-refractivity contribution in [1.29, 1.82) is 0 Å². The average molecular weight is 410 g/mol. The summed E-state index contributed by atoms with van der Waals surface area (Å²) >= 11 is 20.9. The fourth-order valence-electron chi connectivity index (χ4n) is 1.11. The highest BCUT2D eigenvalue weighted by atomic mass is 79.9. The number of rotatable bonds is 5. The lowest BCUT2D eigenvalue weighted by atomic mass is 10.2. The minimum absolute atomic E-state index is 0.0214. The van der Waals surface area contributed by atoms with Crippen LogP contribution in [0.3, 0.4) is 0 Å². The monoisotopic (exact) mass is 408 g/mol. The molecule has 1 aromatic carbocycles. The molecule has 0 unspecified atom stereocenters. The molecule has 0 spiro atoms. The second kappa shape index (κ2) is 7.32. The van der Waals surface area contributed by atoms with Gasteiger partial charge in [-0.05, 0) is 28.1 Å². The molecular weight excluding hydrogens is 401 g/mol. The highest BCUT2D eigenvalue weighted by Crippen LogP contribution is 2.52. The average Bonchev–Trinajstić information content (AvgIpc) is 2.40. The molecule has 0 atom stereocenters. The van der Waals surface area contributed by atoms with Crippen LogP contribution in [-0.4, -0.2) is 14.2 Å². The van der Waals surface area contributed by atoms with Crippen molar-refractivity contribution in [3.05, 3.63) is 37.7 Å². The number of hydrogen-bond acceptors (Lipinski definition) is 4. The summed E-state index contributed by atoms with van der Waals surface area (Å²) < 4.78 is 27.0. The first-order chi connectivity index (χ1) is 8.86. The predicted octanol–water partition coefficient (Wildman–Crippen LogP) is 5.71. The number of phosphoric ester groups is 1. The SMILES string of the molecule is COP(=O)(OC)O/C(=C\Cl)c1cc(Cl)c(Br)cc1Cl. The summed E-state index contributed by atoms with van der Waals surface area (Å²) in [6.07, 6.45) is 0. The van der Waals surface area contributed by atoms with Gasteiger partial charge in [0, 0.05) is 29.8 Å². The molecule has 0 N–H and O–H groups in total. The molecule has 1 aromatic rings. The van der Waals surface area contributed by atoms with Gasteiger partial charge in [-0.1, -0.05) is 34.8 Å². The maximum Gasteiger partial charge on any atom is 0.529 e. The Labute approximate surface area is 134 Å². The zero-order chi connectivity index (χ0) is 14.6. The number of benzene rings is 1. The van der Waals surface area contributed by atoms with E-state index >= 15 is 0 Å². The summed E-state index contributed by atoms with van der Waals surface area (Å²) in [4.78, 5) is 0. The van der Waals surface area contributed by atoms with Crippen molar-refractivity contribution in [3.8, 4) is 0 Å². The fraction of sp³-hybridized carbons (Fsp3) is 0.200. The van der Waals surface area contributed by atoms with Gasteiger partial charge in [-0.2, -0.15) is 0 Å². The first kappa shape index (κ1) is 17.3. The van der Waals surface area contributed by atoms with Crippen LogP contribution in [0.4, 0.5) is 0 Å². The predicted molar refractivity (Wildman–Crippen MR) is 80.7 cm³/mol. The Balaban J connectivity index is 3.20. The topological polar surface area (TPSA) is 44.8 Å². The van der Waals surface area contributed by atoms with Gasteiger partial charge < -0.3 is 4.52 Å². The van der Waals surface area contributed by atoms with Gasteiger partial charge >= 0.3 is 7.82 Å². The molecule has 0 saturated heterocycles. The molecule has 9 heteroatoms. The zero-order valence-electron chi connectivity index (χ0n) is 9.82. The zero-order valence-corrected chi connectivity index (χ0v) is 14.6. The van der Waals surface area contributed by atoms with Crippen LogP contribution in [0.1, 0.15) is 5.56 Å². The van der Waals surface area contributed by atoms with Crippen LogP contribution < -0.4 is 0 Å². The molecule has 0 aliphatic carbocycles. The maximum absolute atomic E-state index is 11.9. The van der Waals surface area contributed by atoms with E-state index in [0.29, 0.717) is 20.1 Å². The summed E-state index contributed by atoms with van der Waals surface area (Å²) in [5.74, 6) is 0.0214. The number of hydrogen-bond donors (Lipinski definition) is 0. The summed E-state index contributed by atoms with van der Waals surface area (Å²) in [5.41, 5.74) is 1.43. The highest BCUT2D eigenvalue weighted by molar-refractivity contribution is 9.10. The van der Waals surface area contributed by atoms with Crippen LogP contribution in [0.25, 0.3) is 5.76 Å². The second-order valence-corrected chi connectivity index (χ2v) is 6.82. The summed E-state index contributed by atoms with van der Waals surface area (Å²) in [6.45, 7) is 0. The largest absolute Gasteiger partial charge is 0.529 e. The van der Waals surface area contributed by atoms with Crippen molar-refractivity contribution < 1.29 is 18.1 Å². The molecule has 0 aliphatic rings. The molecule has 0 aliphatic heterocycles. The molecule has 0 amide bonds. The maximum atomic E-state index is 11.9. The molecular formula is C10H9BrCl3O4P. The standard InChI is InChI=1S/C10H9BrCl3O4P/c1-16-19(15,17-2)18-10(5-12)6-3-9(14)7(11)4-8(6)13/h3-5H,1-2H3/b10-5-. The summed E-state index contributed by atoms with van der Waals surface area (Å²) in [5, 5.41) is 0.700. The van der Waals surface area contributed by atoms with Crippen molar-refractivity contribution in [2.75, 3.05) is 14.2 Å². The molecule has 0 aromatic heterocycles. The Morgan fingerprint density at radius 2 is 1.84 bits per heavy atom. The van der Waals surface area contributed by atoms with E-state index in [2.05, 4.69) is 25.0 Å². The quantitative estimate of drug-likeness (QED) is 0.354. The Bertz CT molecular complexity index is 542. The Kier molecular flexibility index (Phi) is 6.67. The van der Waals surface area contributed by atoms with Crippen LogP contribution in [0.2, 0.25) is 10.0 Å². The lowest BCUT2D eigenvalue weighted by Gasteiger charge is -2.17. The van der Waals surface area contributed by atoms with Crippen molar-refractivity contribution in [2.45, 2.75) is 0 Å². The van der Waals surface area contributed by atoms with E-state index in [-0.39, 0.29) is 5.76 Å². The van der Waals surface area contributed by atoms with Crippen LogP contribution in [0.5, 0.6) is 0 Å². The molecule has 0 fully saturated rings. The van der Waals surface area contributed by atoms with E-state index in [0.717, 1.165) is 5.54 Å². The summed E-state index contributed by atoms with van der Waals surface area (Å²) in [6, 6.07) is 3.07. The molecule has 0 radical (unpaired) electrons. The van der Waals surface area contributed by atoms with Gasteiger partial charge in [0.15, 0.2) is 5.76 Å². The first-order valence-electron chi connectivity index (χ1n) is 4.73. The molecule has 1 rings (SSSR count). The molecule has 0 heterocycles. The third kappa shape index (κ3) is 4.36. The normalized spacial score (nSPS) is 12.6. The minimum atomic E-state index is -3.73. The number of halogens is 4. The van der Waals surface area contributed by atoms with Crippen molar-refractivity contribution in [2.24, 2.45) is 0 Å². The van der Waals surface area contributed by atoms with Gasteiger partial charge in [0.2, 0.25) is 0 Å². The van der Waals surface area contributed by atoms with Crippen LogP contribution in [-0.2, 0) is 18.1 Å². The highest BCUT2D eigenvalue weighted by Gasteiger charge is 2.27. The van der Waals surface area contributed by atoms with E-state index in [9.17, 15) is 4.57 Å². The third-order valence-electron chi connectivity index (χ3n) is 2.03. The van der Waals surface area contributed by atoms with Crippen molar-refractivity contribution >= 4 is 64.3 Å². The van der Waals surface area contributed by atoms with Gasteiger partial charge in [0.1, 0.15) is 0 Å². The third-order valence-corrected chi connectivity index (χ3v) is 5.05. The first-order valence-corrected chi connectivity index (χ1v) is 8.18. The molecule has 0 saturated carbocycles. The Morgan fingerprint density at radius 1 is 1.26 bits per heavy atom. The molecule has 19 heavy (non-hydrogen) atoms. The number of phosphoric acid groups is 1. The van der Waals surface area contributed by atoms with Crippen LogP contribution in [0.15, 0.2) is 22.1 Å². The Morgan fingerprint density at radius 3 is 2.32 bits per heavy atom. The van der Waals surface area contributed by atoms with E-state index in [1.165, 1.54) is 20.3 Å². The summed E-state index contributed by atoms with van der Waals surface area (Å²) in [7, 11) is -1.36. The second-order valence-electron chi connectivity index (χ2n) is 3.12. The van der Waals surface area contributed by atoms with Gasteiger partial charge in [0.05, 0.1) is 10.0 Å². The Hall–Kier alpha value is 0.260. The van der Waals surface area contributed by atoms with Crippen molar-refractivity contribution in [3.63, 3.8) is 0 Å². The molecule has 106 valence electrons. The van der Waals surface area contributed by atoms with E-state index in [4.69, 9.17) is 39.3 Å². The van der Waals surface area contributed by atoms with E-state index in [1.807, 2.05) is 0 Å². The molecule has 0 bridgehead atoms. The van der Waals surface area contributed by atoms with E-state index in [1.54, 1.807) is 6.07 Å². The minimum Gasteiger partial charge on any atom is -0.402 e. The lowest BCUT2D eigenvalue weighted by Crippen LogP contribution is -1.96.